The molecule has 0 saturated carbocycles. The Morgan fingerprint density at radius 1 is 1.21 bits per heavy atom. The van der Waals surface area contributed by atoms with Crippen molar-refractivity contribution in [2.45, 2.75) is 26.3 Å². The molecule has 1 amide bonds. The smallest absolute Gasteiger partial charge is 0.241 e. The molecular formula is C20H25FN2O4S. The van der Waals surface area contributed by atoms with Gasteiger partial charge in [0.2, 0.25) is 15.9 Å². The summed E-state index contributed by atoms with van der Waals surface area (Å²) in [5, 5.41) is 2.87. The van der Waals surface area contributed by atoms with E-state index in [4.69, 9.17) is 4.74 Å². The molecule has 2 aromatic rings. The minimum atomic E-state index is -3.72. The van der Waals surface area contributed by atoms with Crippen LogP contribution in [-0.2, 0) is 14.8 Å². The third-order valence-electron chi connectivity index (χ3n) is 4.37. The second-order valence-corrected chi connectivity index (χ2v) is 8.41. The van der Waals surface area contributed by atoms with Gasteiger partial charge in [0.1, 0.15) is 18.1 Å². The molecule has 0 fully saturated rings. The molecule has 6 nitrogen and oxygen atoms in total. The van der Waals surface area contributed by atoms with Gasteiger partial charge in [0.05, 0.1) is 25.1 Å². The SMILES string of the molecule is CCC(NC(=O)CN(c1ccc(F)cc1)S(C)(=O)=O)c1ccc(OC)c(C)c1. The molecule has 152 valence electrons. The maximum absolute atomic E-state index is 13.1. The molecule has 0 radical (unpaired) electrons. The summed E-state index contributed by atoms with van der Waals surface area (Å²) in [4.78, 5) is 12.6. The van der Waals surface area contributed by atoms with Crippen LogP contribution in [0.15, 0.2) is 42.5 Å². The number of benzene rings is 2. The zero-order chi connectivity index (χ0) is 20.9. The Bertz CT molecular complexity index is 930. The van der Waals surface area contributed by atoms with Gasteiger partial charge in [-0.1, -0.05) is 19.1 Å². The number of carbonyl (C=O) groups excluding carboxylic acids is 1. The van der Waals surface area contributed by atoms with Crippen LogP contribution in [0.4, 0.5) is 10.1 Å². The Balaban J connectivity index is 2.18. The van der Waals surface area contributed by atoms with Crippen molar-refractivity contribution < 1.29 is 22.3 Å². The number of sulfonamides is 1. The van der Waals surface area contributed by atoms with Crippen LogP contribution in [0.1, 0.15) is 30.5 Å². The van der Waals surface area contributed by atoms with Crippen molar-refractivity contribution in [1.82, 2.24) is 5.32 Å². The zero-order valence-corrected chi connectivity index (χ0v) is 17.2. The first-order chi connectivity index (χ1) is 13.2. The van der Waals surface area contributed by atoms with Gasteiger partial charge < -0.3 is 10.1 Å². The summed E-state index contributed by atoms with van der Waals surface area (Å²) in [6.45, 7) is 3.45. The van der Waals surface area contributed by atoms with Crippen molar-refractivity contribution in [1.29, 1.82) is 0 Å². The zero-order valence-electron chi connectivity index (χ0n) is 16.4. The standard InChI is InChI=1S/C20H25FN2O4S/c1-5-18(15-6-11-19(27-3)14(2)12-15)22-20(24)13-23(28(4,25)26)17-9-7-16(21)8-10-17/h6-12,18H,5,13H2,1-4H3,(H,22,24). The van der Waals surface area contributed by atoms with Gasteiger partial charge in [-0.15, -0.1) is 0 Å². The maximum atomic E-state index is 13.1. The normalized spacial score (nSPS) is 12.3. The van der Waals surface area contributed by atoms with Crippen molar-refractivity contribution in [2.75, 3.05) is 24.2 Å². The highest BCUT2D eigenvalue weighted by Gasteiger charge is 2.22. The molecule has 2 rings (SSSR count). The van der Waals surface area contributed by atoms with Gasteiger partial charge >= 0.3 is 0 Å². The minimum absolute atomic E-state index is 0.229. The number of methoxy groups -OCH3 is 1. The number of hydrogen-bond donors (Lipinski definition) is 1. The van der Waals surface area contributed by atoms with Crippen molar-refractivity contribution in [3.8, 4) is 5.75 Å². The van der Waals surface area contributed by atoms with E-state index in [0.717, 1.165) is 39.6 Å². The lowest BCUT2D eigenvalue weighted by Crippen LogP contribution is -2.41. The Kier molecular flexibility index (Phi) is 7.01. The fraction of sp³-hybridized carbons (Fsp3) is 0.350. The van der Waals surface area contributed by atoms with Gasteiger partial charge in [0, 0.05) is 0 Å². The fourth-order valence-corrected chi connectivity index (χ4v) is 3.77. The molecule has 0 bridgehead atoms. The summed E-state index contributed by atoms with van der Waals surface area (Å²) < 4.78 is 43.6. The third kappa shape index (κ3) is 5.45. The Labute approximate surface area is 165 Å². The van der Waals surface area contributed by atoms with Crippen LogP contribution in [0.2, 0.25) is 0 Å². The number of rotatable bonds is 8. The molecule has 0 aliphatic heterocycles. The second kappa shape index (κ2) is 9.05. The summed E-state index contributed by atoms with van der Waals surface area (Å²) in [5.41, 5.74) is 2.08. The van der Waals surface area contributed by atoms with E-state index in [9.17, 15) is 17.6 Å². The molecule has 2 aromatic carbocycles. The van der Waals surface area contributed by atoms with Crippen molar-refractivity contribution >= 4 is 21.6 Å². The molecule has 0 spiro atoms. The number of hydrogen-bond acceptors (Lipinski definition) is 4. The quantitative estimate of drug-likeness (QED) is 0.728. The maximum Gasteiger partial charge on any atom is 0.241 e. The fourth-order valence-electron chi connectivity index (χ4n) is 2.92. The van der Waals surface area contributed by atoms with Crippen LogP contribution in [0, 0.1) is 12.7 Å². The lowest BCUT2D eigenvalue weighted by Gasteiger charge is -2.24. The molecule has 0 aliphatic carbocycles. The molecule has 1 N–H and O–H groups in total. The first kappa shape index (κ1) is 21.7. The van der Waals surface area contributed by atoms with Crippen molar-refractivity contribution in [3.63, 3.8) is 0 Å². The van der Waals surface area contributed by atoms with E-state index in [0.29, 0.717) is 6.42 Å². The second-order valence-electron chi connectivity index (χ2n) is 6.50. The highest BCUT2D eigenvalue weighted by atomic mass is 32.2. The Morgan fingerprint density at radius 3 is 2.36 bits per heavy atom. The van der Waals surface area contributed by atoms with Crippen molar-refractivity contribution in [2.24, 2.45) is 0 Å². The molecular weight excluding hydrogens is 383 g/mol. The van der Waals surface area contributed by atoms with Gasteiger partial charge in [-0.2, -0.15) is 0 Å². The molecule has 0 aromatic heterocycles. The van der Waals surface area contributed by atoms with E-state index < -0.39 is 28.3 Å². The molecule has 1 atom stereocenters. The predicted octanol–water partition coefficient (Wildman–Crippen LogP) is 3.18. The van der Waals surface area contributed by atoms with E-state index in [2.05, 4.69) is 5.32 Å². The number of aryl methyl sites for hydroxylation is 1. The summed E-state index contributed by atoms with van der Waals surface area (Å²) in [7, 11) is -2.12. The highest BCUT2D eigenvalue weighted by molar-refractivity contribution is 7.92. The average molecular weight is 408 g/mol. The number of nitrogens with one attached hydrogen (secondary N) is 1. The molecule has 0 heterocycles. The van der Waals surface area contributed by atoms with Crippen LogP contribution in [0.5, 0.6) is 5.75 Å². The number of carbonyl (C=O) groups is 1. The monoisotopic (exact) mass is 408 g/mol. The minimum Gasteiger partial charge on any atom is -0.496 e. The van der Waals surface area contributed by atoms with Gasteiger partial charge in [0.25, 0.3) is 0 Å². The highest BCUT2D eigenvalue weighted by Crippen LogP contribution is 2.24. The summed E-state index contributed by atoms with van der Waals surface area (Å²) >= 11 is 0. The van der Waals surface area contributed by atoms with E-state index >= 15 is 0 Å². The first-order valence-corrected chi connectivity index (χ1v) is 10.7. The van der Waals surface area contributed by atoms with Gasteiger partial charge in [-0.3, -0.25) is 9.10 Å². The van der Waals surface area contributed by atoms with Gasteiger partial charge in [-0.25, -0.2) is 12.8 Å². The first-order valence-electron chi connectivity index (χ1n) is 8.83. The topological polar surface area (TPSA) is 75.7 Å². The number of amides is 1. The van der Waals surface area contributed by atoms with E-state index in [-0.39, 0.29) is 11.7 Å². The third-order valence-corrected chi connectivity index (χ3v) is 5.51. The molecule has 8 heteroatoms. The van der Waals surface area contributed by atoms with E-state index in [1.165, 1.54) is 12.1 Å². The molecule has 0 saturated heterocycles. The predicted molar refractivity (Wildman–Crippen MR) is 107 cm³/mol. The van der Waals surface area contributed by atoms with E-state index in [1.807, 2.05) is 32.0 Å². The summed E-state index contributed by atoms with van der Waals surface area (Å²) in [6.07, 6.45) is 1.64. The lowest BCUT2D eigenvalue weighted by molar-refractivity contribution is -0.120. The van der Waals surface area contributed by atoms with Crippen LogP contribution >= 0.6 is 0 Å². The van der Waals surface area contributed by atoms with Crippen LogP contribution in [0.3, 0.4) is 0 Å². The van der Waals surface area contributed by atoms with E-state index in [1.54, 1.807) is 7.11 Å². The lowest BCUT2D eigenvalue weighted by atomic mass is 10.0. The number of halogens is 1. The van der Waals surface area contributed by atoms with Crippen molar-refractivity contribution in [3.05, 3.63) is 59.4 Å². The number of ether oxygens (including phenoxy) is 1. The Morgan fingerprint density at radius 2 is 1.86 bits per heavy atom. The summed E-state index contributed by atoms with van der Waals surface area (Å²) in [6, 6.07) is 10.3. The van der Waals surface area contributed by atoms with Crippen LogP contribution in [-0.4, -0.2) is 34.2 Å². The molecule has 1 unspecified atom stereocenters. The average Bonchev–Trinajstić information content (AvgIpc) is 2.64. The van der Waals surface area contributed by atoms with Crippen LogP contribution in [0.25, 0.3) is 0 Å². The number of nitrogens with zero attached hydrogens (tertiary/aromatic N) is 1. The molecule has 0 aliphatic rings. The summed E-state index contributed by atoms with van der Waals surface area (Å²) in [5.74, 6) is -0.179. The van der Waals surface area contributed by atoms with Crippen LogP contribution < -0.4 is 14.4 Å². The Hall–Kier alpha value is -2.61. The van der Waals surface area contributed by atoms with Gasteiger partial charge in [0.15, 0.2) is 0 Å². The number of anilines is 1. The molecule has 28 heavy (non-hydrogen) atoms. The van der Waals surface area contributed by atoms with Gasteiger partial charge in [-0.05, 0) is 54.8 Å². The largest absolute Gasteiger partial charge is 0.496 e.